The Labute approximate surface area is 178 Å². The van der Waals surface area contributed by atoms with Crippen molar-refractivity contribution in [2.75, 3.05) is 0 Å². The van der Waals surface area contributed by atoms with Crippen molar-refractivity contribution in [1.82, 2.24) is 4.98 Å². The summed E-state index contributed by atoms with van der Waals surface area (Å²) < 4.78 is 6.59. The number of pyridine rings is 1. The van der Waals surface area contributed by atoms with Crippen LogP contribution in [0, 0.1) is 0 Å². The van der Waals surface area contributed by atoms with Crippen molar-refractivity contribution in [1.29, 1.82) is 0 Å². The van der Waals surface area contributed by atoms with Crippen molar-refractivity contribution in [2.45, 2.75) is 39.4 Å². The van der Waals surface area contributed by atoms with Crippen LogP contribution in [-0.2, 0) is 0 Å². The molecule has 0 fully saturated rings. The molecular formula is C27H27NOSi. The van der Waals surface area contributed by atoms with Gasteiger partial charge in [0.15, 0.2) is 0 Å². The minimum atomic E-state index is -1.41. The lowest BCUT2D eigenvalue weighted by Crippen LogP contribution is -2.37. The Morgan fingerprint density at radius 1 is 0.800 bits per heavy atom. The first-order chi connectivity index (χ1) is 14.3. The first-order valence-electron chi connectivity index (χ1n) is 10.7. The number of benzene rings is 3. The van der Waals surface area contributed by atoms with Crippen LogP contribution in [-0.4, -0.2) is 13.1 Å². The van der Waals surface area contributed by atoms with Gasteiger partial charge in [-0.25, -0.2) is 0 Å². The molecule has 5 rings (SSSR count). The predicted octanol–water partition coefficient (Wildman–Crippen LogP) is 7.47. The summed E-state index contributed by atoms with van der Waals surface area (Å²) in [6.07, 6.45) is 1.90. The first-order valence-corrected chi connectivity index (χ1v) is 14.2. The molecule has 0 bridgehead atoms. The van der Waals surface area contributed by atoms with Crippen LogP contribution in [0.25, 0.3) is 44.0 Å². The van der Waals surface area contributed by atoms with Crippen LogP contribution < -0.4 is 5.19 Å². The lowest BCUT2D eigenvalue weighted by molar-refractivity contribution is 0.673. The zero-order valence-corrected chi connectivity index (χ0v) is 19.3. The van der Waals surface area contributed by atoms with Gasteiger partial charge in [-0.3, -0.25) is 4.98 Å². The Bertz CT molecular complexity index is 1410. The summed E-state index contributed by atoms with van der Waals surface area (Å²) in [6, 6.07) is 22.0. The molecule has 0 saturated carbocycles. The summed E-state index contributed by atoms with van der Waals surface area (Å²) >= 11 is 0. The van der Waals surface area contributed by atoms with Crippen molar-refractivity contribution in [3.05, 3.63) is 72.4 Å². The highest BCUT2D eigenvalue weighted by molar-refractivity contribution is 6.88. The Balaban J connectivity index is 1.82. The maximum atomic E-state index is 6.59. The number of hydrogen-bond donors (Lipinski definition) is 0. The van der Waals surface area contributed by atoms with E-state index in [0.29, 0.717) is 5.92 Å². The van der Waals surface area contributed by atoms with Crippen LogP contribution >= 0.6 is 0 Å². The molecule has 0 amide bonds. The molecule has 3 heteroatoms. The Morgan fingerprint density at radius 3 is 2.33 bits per heavy atom. The smallest absolute Gasteiger partial charge is 0.144 e. The van der Waals surface area contributed by atoms with E-state index in [4.69, 9.17) is 4.42 Å². The quantitative estimate of drug-likeness (QED) is 0.289. The molecule has 2 aromatic heterocycles. The number of para-hydroxylation sites is 1. The molecule has 0 aliphatic rings. The second-order valence-electron chi connectivity index (χ2n) is 9.54. The van der Waals surface area contributed by atoms with Gasteiger partial charge < -0.3 is 4.42 Å². The van der Waals surface area contributed by atoms with Gasteiger partial charge >= 0.3 is 0 Å². The van der Waals surface area contributed by atoms with E-state index in [1.807, 2.05) is 6.20 Å². The minimum Gasteiger partial charge on any atom is -0.455 e. The topological polar surface area (TPSA) is 26.0 Å². The average Bonchev–Trinajstić information content (AvgIpc) is 3.12. The molecule has 0 saturated heterocycles. The number of aromatic nitrogens is 1. The summed E-state index contributed by atoms with van der Waals surface area (Å²) in [7, 11) is -1.41. The van der Waals surface area contributed by atoms with Crippen LogP contribution in [0.15, 0.2) is 71.3 Å². The summed E-state index contributed by atoms with van der Waals surface area (Å²) in [4.78, 5) is 4.67. The van der Waals surface area contributed by atoms with Crippen molar-refractivity contribution in [2.24, 2.45) is 0 Å². The molecule has 0 N–H and O–H groups in total. The SMILES string of the molecule is CC(C)c1ccnc(-c2cccc3c2oc2c4cc([Si](C)(C)C)ccc4ccc32)c1. The van der Waals surface area contributed by atoms with Crippen molar-refractivity contribution in [3.63, 3.8) is 0 Å². The van der Waals surface area contributed by atoms with Gasteiger partial charge in [-0.05, 0) is 41.1 Å². The maximum Gasteiger partial charge on any atom is 0.144 e. The third-order valence-electron chi connectivity index (χ3n) is 6.07. The Kier molecular flexibility index (Phi) is 4.33. The normalized spacial score (nSPS) is 12.5. The highest BCUT2D eigenvalue weighted by Gasteiger charge is 2.19. The number of furan rings is 1. The molecule has 0 aliphatic heterocycles. The van der Waals surface area contributed by atoms with E-state index in [2.05, 4.69) is 99.1 Å². The van der Waals surface area contributed by atoms with E-state index < -0.39 is 8.07 Å². The number of fused-ring (bicyclic) bond motifs is 5. The fourth-order valence-corrected chi connectivity index (χ4v) is 5.36. The van der Waals surface area contributed by atoms with Gasteiger partial charge in [0.25, 0.3) is 0 Å². The van der Waals surface area contributed by atoms with Crippen LogP contribution in [0.1, 0.15) is 25.3 Å². The Morgan fingerprint density at radius 2 is 1.57 bits per heavy atom. The van der Waals surface area contributed by atoms with Crippen molar-refractivity contribution >= 4 is 46.0 Å². The first kappa shape index (κ1) is 19.1. The summed E-state index contributed by atoms with van der Waals surface area (Å²) in [5, 5.41) is 6.21. The average molecular weight is 410 g/mol. The molecule has 0 unspecified atom stereocenters. The van der Waals surface area contributed by atoms with E-state index in [-0.39, 0.29) is 0 Å². The van der Waals surface area contributed by atoms with Gasteiger partial charge in [-0.1, -0.05) is 75.1 Å². The highest BCUT2D eigenvalue weighted by Crippen LogP contribution is 2.38. The summed E-state index contributed by atoms with van der Waals surface area (Å²) in [6.45, 7) is 11.6. The summed E-state index contributed by atoms with van der Waals surface area (Å²) in [5.74, 6) is 0.463. The molecule has 0 spiro atoms. The maximum absolute atomic E-state index is 6.59. The van der Waals surface area contributed by atoms with Gasteiger partial charge in [-0.15, -0.1) is 0 Å². The standard InChI is InChI=1S/C27H27NOSi/c1-17(2)19-13-14-28-25(15-19)23-8-6-7-21-22-12-10-18-9-11-20(30(3,4)5)16-24(18)27(22)29-26(21)23/h6-17H,1-5H3. The third kappa shape index (κ3) is 3.05. The third-order valence-corrected chi connectivity index (χ3v) is 8.12. The predicted molar refractivity (Wildman–Crippen MR) is 132 cm³/mol. The van der Waals surface area contributed by atoms with Crippen molar-refractivity contribution in [3.8, 4) is 11.3 Å². The second kappa shape index (κ2) is 6.81. The minimum absolute atomic E-state index is 0.463. The van der Waals surface area contributed by atoms with E-state index >= 15 is 0 Å². The fraction of sp³-hybridized carbons (Fsp3) is 0.222. The van der Waals surface area contributed by atoms with E-state index in [1.165, 1.54) is 26.9 Å². The van der Waals surface area contributed by atoms with Crippen LogP contribution in [0.2, 0.25) is 19.6 Å². The number of nitrogens with zero attached hydrogens (tertiary/aromatic N) is 1. The van der Waals surface area contributed by atoms with E-state index in [1.54, 1.807) is 0 Å². The number of hydrogen-bond acceptors (Lipinski definition) is 2. The largest absolute Gasteiger partial charge is 0.455 e. The molecule has 0 radical (unpaired) electrons. The molecule has 0 atom stereocenters. The monoisotopic (exact) mass is 409 g/mol. The van der Waals surface area contributed by atoms with Gasteiger partial charge in [0, 0.05) is 27.9 Å². The zero-order chi connectivity index (χ0) is 21.0. The fourth-order valence-electron chi connectivity index (χ4n) is 4.20. The lowest BCUT2D eigenvalue weighted by atomic mass is 10.00. The van der Waals surface area contributed by atoms with Gasteiger partial charge in [0.05, 0.1) is 13.8 Å². The molecular weight excluding hydrogens is 382 g/mol. The highest BCUT2D eigenvalue weighted by atomic mass is 28.3. The van der Waals surface area contributed by atoms with Gasteiger partial charge in [0.2, 0.25) is 0 Å². The molecule has 2 nitrogen and oxygen atoms in total. The second-order valence-corrected chi connectivity index (χ2v) is 14.6. The molecule has 30 heavy (non-hydrogen) atoms. The zero-order valence-electron chi connectivity index (χ0n) is 18.3. The number of rotatable bonds is 3. The van der Waals surface area contributed by atoms with Crippen LogP contribution in [0.3, 0.4) is 0 Å². The molecule has 3 aromatic carbocycles. The Hall–Kier alpha value is -2.91. The van der Waals surface area contributed by atoms with Gasteiger partial charge in [0.1, 0.15) is 11.2 Å². The molecule has 2 heterocycles. The van der Waals surface area contributed by atoms with Crippen LogP contribution in [0.5, 0.6) is 0 Å². The molecule has 150 valence electrons. The van der Waals surface area contributed by atoms with E-state index in [0.717, 1.165) is 27.8 Å². The van der Waals surface area contributed by atoms with E-state index in [9.17, 15) is 0 Å². The summed E-state index contributed by atoms with van der Waals surface area (Å²) in [5.41, 5.74) is 5.22. The molecule has 5 aromatic rings. The van der Waals surface area contributed by atoms with Gasteiger partial charge in [-0.2, -0.15) is 0 Å². The van der Waals surface area contributed by atoms with Crippen LogP contribution in [0.4, 0.5) is 0 Å². The lowest BCUT2D eigenvalue weighted by Gasteiger charge is -2.17. The molecule has 0 aliphatic carbocycles. The van der Waals surface area contributed by atoms with Crippen molar-refractivity contribution < 1.29 is 4.42 Å².